The summed E-state index contributed by atoms with van der Waals surface area (Å²) in [4.78, 5) is 19.5. The number of aryl methyl sites for hydroxylation is 3. The van der Waals surface area contributed by atoms with Gasteiger partial charge >= 0.3 is 0 Å². The molecule has 116 valence electrons. The van der Waals surface area contributed by atoms with Crippen molar-refractivity contribution in [1.29, 1.82) is 0 Å². The van der Waals surface area contributed by atoms with Gasteiger partial charge in [0.2, 0.25) is 0 Å². The lowest BCUT2D eigenvalue weighted by molar-refractivity contribution is 0.391. The Morgan fingerprint density at radius 3 is 2.77 bits per heavy atom. The number of thiophene rings is 1. The monoisotopic (exact) mass is 335 g/mol. The van der Waals surface area contributed by atoms with E-state index in [0.29, 0.717) is 11.9 Å². The average Bonchev–Trinajstić information content (AvgIpc) is 3.07. The van der Waals surface area contributed by atoms with Crippen LogP contribution in [0.1, 0.15) is 28.8 Å². The van der Waals surface area contributed by atoms with Gasteiger partial charge in [0.1, 0.15) is 10.6 Å². The third-order valence-electron chi connectivity index (χ3n) is 3.70. The summed E-state index contributed by atoms with van der Waals surface area (Å²) >= 11 is 3.08. The van der Waals surface area contributed by atoms with Gasteiger partial charge in [-0.05, 0) is 32.6 Å². The Morgan fingerprint density at radius 2 is 2.18 bits per heavy atom. The van der Waals surface area contributed by atoms with Crippen molar-refractivity contribution in [3.8, 4) is 0 Å². The second-order valence-electron chi connectivity index (χ2n) is 5.08. The SMILES string of the molecule is CCc1cc2c(=O)n(Cc3c(C)noc3C)c(SC)nc2s1. The van der Waals surface area contributed by atoms with Crippen LogP contribution >= 0.6 is 23.1 Å². The molecule has 0 N–H and O–H groups in total. The Kier molecular flexibility index (Phi) is 4.10. The molecule has 5 nitrogen and oxygen atoms in total. The molecule has 0 aliphatic heterocycles. The van der Waals surface area contributed by atoms with E-state index >= 15 is 0 Å². The van der Waals surface area contributed by atoms with E-state index < -0.39 is 0 Å². The fourth-order valence-corrected chi connectivity index (χ4v) is 3.97. The number of rotatable bonds is 4. The van der Waals surface area contributed by atoms with Gasteiger partial charge in [-0.3, -0.25) is 9.36 Å². The van der Waals surface area contributed by atoms with Gasteiger partial charge in [0.15, 0.2) is 5.16 Å². The van der Waals surface area contributed by atoms with Crippen molar-refractivity contribution in [1.82, 2.24) is 14.7 Å². The quantitative estimate of drug-likeness (QED) is 0.540. The van der Waals surface area contributed by atoms with Crippen molar-refractivity contribution in [2.75, 3.05) is 6.26 Å². The number of aromatic nitrogens is 3. The molecule has 0 spiro atoms. The van der Waals surface area contributed by atoms with Crippen LogP contribution in [0.3, 0.4) is 0 Å². The molecule has 0 aliphatic carbocycles. The van der Waals surface area contributed by atoms with Gasteiger partial charge < -0.3 is 4.52 Å². The summed E-state index contributed by atoms with van der Waals surface area (Å²) in [5.74, 6) is 0.746. The van der Waals surface area contributed by atoms with E-state index in [1.165, 1.54) is 16.6 Å². The van der Waals surface area contributed by atoms with E-state index in [4.69, 9.17) is 4.52 Å². The van der Waals surface area contributed by atoms with Crippen LogP contribution in [0, 0.1) is 13.8 Å². The maximum Gasteiger partial charge on any atom is 0.263 e. The Morgan fingerprint density at radius 1 is 1.41 bits per heavy atom. The molecule has 3 rings (SSSR count). The zero-order valence-corrected chi connectivity index (χ0v) is 14.6. The topological polar surface area (TPSA) is 60.9 Å². The predicted molar refractivity (Wildman–Crippen MR) is 90.1 cm³/mol. The van der Waals surface area contributed by atoms with Crippen LogP contribution in [0.2, 0.25) is 0 Å². The molecule has 0 aliphatic rings. The summed E-state index contributed by atoms with van der Waals surface area (Å²) < 4.78 is 6.91. The maximum absolute atomic E-state index is 12.9. The lowest BCUT2D eigenvalue weighted by Gasteiger charge is -2.10. The normalized spacial score (nSPS) is 11.5. The molecule has 3 aromatic heterocycles. The summed E-state index contributed by atoms with van der Waals surface area (Å²) in [5.41, 5.74) is 1.77. The number of hydrogen-bond donors (Lipinski definition) is 0. The van der Waals surface area contributed by atoms with Gasteiger partial charge in [0, 0.05) is 10.4 Å². The summed E-state index contributed by atoms with van der Waals surface area (Å²) in [7, 11) is 0. The van der Waals surface area contributed by atoms with Gasteiger partial charge in [0.05, 0.1) is 17.6 Å². The molecule has 0 bridgehead atoms. The van der Waals surface area contributed by atoms with Crippen molar-refractivity contribution >= 4 is 33.3 Å². The Balaban J connectivity index is 2.19. The fraction of sp³-hybridized carbons (Fsp3) is 0.400. The van der Waals surface area contributed by atoms with E-state index in [0.717, 1.165) is 33.4 Å². The zero-order valence-electron chi connectivity index (χ0n) is 13.0. The molecule has 0 saturated carbocycles. The second-order valence-corrected chi connectivity index (χ2v) is 6.97. The third-order valence-corrected chi connectivity index (χ3v) is 5.55. The molecule has 0 aromatic carbocycles. The van der Waals surface area contributed by atoms with E-state index in [1.54, 1.807) is 15.9 Å². The Bertz CT molecular complexity index is 873. The van der Waals surface area contributed by atoms with Gasteiger partial charge in [0.25, 0.3) is 5.56 Å². The first-order valence-electron chi connectivity index (χ1n) is 7.04. The lowest BCUT2D eigenvalue weighted by Crippen LogP contribution is -2.23. The number of hydrogen-bond acceptors (Lipinski definition) is 6. The van der Waals surface area contributed by atoms with E-state index in [2.05, 4.69) is 17.1 Å². The van der Waals surface area contributed by atoms with Crippen LogP contribution in [0.4, 0.5) is 0 Å². The van der Waals surface area contributed by atoms with Gasteiger partial charge in [-0.1, -0.05) is 23.8 Å². The van der Waals surface area contributed by atoms with Crippen LogP contribution in [0.5, 0.6) is 0 Å². The van der Waals surface area contributed by atoms with Crippen molar-refractivity contribution in [2.45, 2.75) is 38.9 Å². The van der Waals surface area contributed by atoms with Crippen molar-refractivity contribution in [2.24, 2.45) is 0 Å². The highest BCUT2D eigenvalue weighted by Gasteiger charge is 2.17. The molecule has 3 heterocycles. The molecule has 0 unspecified atom stereocenters. The van der Waals surface area contributed by atoms with Gasteiger partial charge in [-0.15, -0.1) is 11.3 Å². The van der Waals surface area contributed by atoms with Crippen molar-refractivity contribution in [3.63, 3.8) is 0 Å². The first-order chi connectivity index (χ1) is 10.5. The van der Waals surface area contributed by atoms with Crippen LogP contribution in [-0.4, -0.2) is 21.0 Å². The molecular formula is C15H17N3O2S2. The second kappa shape index (κ2) is 5.89. The summed E-state index contributed by atoms with van der Waals surface area (Å²) in [6, 6.07) is 1.96. The first kappa shape index (κ1) is 15.3. The molecule has 3 aromatic rings. The molecule has 0 amide bonds. The predicted octanol–water partition coefficient (Wildman–Crippen LogP) is 3.40. The first-order valence-corrected chi connectivity index (χ1v) is 9.08. The lowest BCUT2D eigenvalue weighted by atomic mass is 10.2. The Labute approximate surface area is 136 Å². The van der Waals surface area contributed by atoms with E-state index in [1.807, 2.05) is 26.2 Å². The number of nitrogens with zero attached hydrogens (tertiary/aromatic N) is 3. The molecule has 0 saturated heterocycles. The standard InChI is InChI=1S/C15H17N3O2S2/c1-5-10-6-11-13(22-10)16-15(21-4)18(14(11)19)7-12-8(2)17-20-9(12)3/h6H,5,7H2,1-4H3. The highest BCUT2D eigenvalue weighted by molar-refractivity contribution is 7.98. The molecular weight excluding hydrogens is 318 g/mol. The summed E-state index contributed by atoms with van der Waals surface area (Å²) in [6.45, 7) is 6.28. The molecule has 7 heteroatoms. The van der Waals surface area contributed by atoms with Crippen molar-refractivity contribution in [3.05, 3.63) is 38.3 Å². The van der Waals surface area contributed by atoms with E-state index in [9.17, 15) is 4.79 Å². The van der Waals surface area contributed by atoms with Crippen LogP contribution in [0.15, 0.2) is 20.5 Å². The molecule has 22 heavy (non-hydrogen) atoms. The number of thioether (sulfide) groups is 1. The zero-order chi connectivity index (χ0) is 15.9. The van der Waals surface area contributed by atoms with E-state index in [-0.39, 0.29) is 5.56 Å². The van der Waals surface area contributed by atoms with Crippen LogP contribution < -0.4 is 5.56 Å². The smallest absolute Gasteiger partial charge is 0.263 e. The highest BCUT2D eigenvalue weighted by Crippen LogP contribution is 2.25. The summed E-state index contributed by atoms with van der Waals surface area (Å²) in [5, 5.41) is 5.39. The molecule has 0 radical (unpaired) electrons. The molecule has 0 atom stereocenters. The largest absolute Gasteiger partial charge is 0.361 e. The minimum atomic E-state index is 0.00491. The average molecular weight is 335 g/mol. The maximum atomic E-state index is 12.9. The fourth-order valence-electron chi connectivity index (χ4n) is 2.40. The number of fused-ring (bicyclic) bond motifs is 1. The highest BCUT2D eigenvalue weighted by atomic mass is 32.2. The van der Waals surface area contributed by atoms with Gasteiger partial charge in [-0.2, -0.15) is 0 Å². The Hall–Kier alpha value is -1.60. The minimum Gasteiger partial charge on any atom is -0.361 e. The van der Waals surface area contributed by atoms with Crippen molar-refractivity contribution < 1.29 is 4.52 Å². The minimum absolute atomic E-state index is 0.00491. The van der Waals surface area contributed by atoms with Crippen LogP contribution in [-0.2, 0) is 13.0 Å². The van der Waals surface area contributed by atoms with Gasteiger partial charge in [-0.25, -0.2) is 4.98 Å². The van der Waals surface area contributed by atoms with Crippen LogP contribution in [0.25, 0.3) is 10.2 Å². The summed E-state index contributed by atoms with van der Waals surface area (Å²) in [6.07, 6.45) is 2.85. The molecule has 0 fully saturated rings. The third kappa shape index (κ3) is 2.48.